The maximum Gasteiger partial charge on any atom is 0.237 e. The van der Waals surface area contributed by atoms with E-state index in [9.17, 15) is 4.79 Å². The van der Waals surface area contributed by atoms with Crippen LogP contribution in [-0.2, 0) is 4.79 Å². The molecule has 0 aliphatic heterocycles. The van der Waals surface area contributed by atoms with Crippen LogP contribution in [0, 0.1) is 13.8 Å². The summed E-state index contributed by atoms with van der Waals surface area (Å²) in [6.07, 6.45) is 1.57. The van der Waals surface area contributed by atoms with Crippen molar-refractivity contribution in [3.63, 3.8) is 0 Å². The molecule has 3 rings (SSSR count). The van der Waals surface area contributed by atoms with Gasteiger partial charge in [-0.05, 0) is 44.5 Å². The van der Waals surface area contributed by atoms with Crippen LogP contribution < -0.4 is 11.2 Å². The number of nitrogens with two attached hydrogens (primary N) is 1. The predicted octanol–water partition coefficient (Wildman–Crippen LogP) is 2.99. The van der Waals surface area contributed by atoms with Crippen molar-refractivity contribution in [2.24, 2.45) is 0 Å². The van der Waals surface area contributed by atoms with Gasteiger partial charge in [-0.15, -0.1) is 10.2 Å². The molecule has 0 bridgehead atoms. The lowest BCUT2D eigenvalue weighted by Gasteiger charge is -2.12. The van der Waals surface area contributed by atoms with E-state index in [0.717, 1.165) is 16.8 Å². The molecule has 0 saturated carbocycles. The van der Waals surface area contributed by atoms with Gasteiger partial charge in [0.2, 0.25) is 11.1 Å². The highest BCUT2D eigenvalue weighted by Gasteiger charge is 2.21. The Bertz CT molecular complexity index is 902. The van der Waals surface area contributed by atoms with Crippen LogP contribution in [0.4, 0.5) is 5.69 Å². The summed E-state index contributed by atoms with van der Waals surface area (Å²) in [6.45, 7) is 5.60. The fraction of sp³-hybridized carbons (Fsp3) is 0.235. The number of benzene rings is 1. The minimum absolute atomic E-state index is 0.125. The zero-order chi connectivity index (χ0) is 18.0. The van der Waals surface area contributed by atoms with Gasteiger partial charge in [-0.1, -0.05) is 23.9 Å². The van der Waals surface area contributed by atoms with Gasteiger partial charge in [-0.3, -0.25) is 4.79 Å². The van der Waals surface area contributed by atoms with E-state index >= 15 is 0 Å². The standard InChI is InChI=1S/C17H19N5O2S/c1-10-5-4-6-13(9-10)19-16(23)12(3)25-17-21-20-15(22(17)18)14-7-8-24-11(14)2/h4-9,12H,18H2,1-3H3,(H,19,23). The molecule has 1 unspecified atom stereocenters. The molecule has 0 aliphatic carbocycles. The lowest BCUT2D eigenvalue weighted by Crippen LogP contribution is -2.23. The zero-order valence-corrected chi connectivity index (χ0v) is 15.0. The van der Waals surface area contributed by atoms with Crippen LogP contribution in [-0.4, -0.2) is 26.0 Å². The summed E-state index contributed by atoms with van der Waals surface area (Å²) in [5.74, 6) is 7.17. The molecule has 1 atom stereocenters. The van der Waals surface area contributed by atoms with Crippen molar-refractivity contribution < 1.29 is 9.21 Å². The lowest BCUT2D eigenvalue weighted by atomic mass is 10.2. The molecule has 0 spiro atoms. The van der Waals surface area contributed by atoms with Crippen molar-refractivity contribution >= 4 is 23.4 Å². The molecule has 25 heavy (non-hydrogen) atoms. The van der Waals surface area contributed by atoms with E-state index in [0.29, 0.717) is 16.7 Å². The Morgan fingerprint density at radius 1 is 1.32 bits per heavy atom. The fourth-order valence-corrected chi connectivity index (χ4v) is 3.11. The first kappa shape index (κ1) is 17.1. The molecule has 3 N–H and O–H groups in total. The normalized spacial score (nSPS) is 12.1. The number of carbonyl (C=O) groups is 1. The van der Waals surface area contributed by atoms with Crippen molar-refractivity contribution in [1.29, 1.82) is 0 Å². The van der Waals surface area contributed by atoms with Crippen LogP contribution in [0.15, 0.2) is 46.2 Å². The fourth-order valence-electron chi connectivity index (χ4n) is 2.34. The average Bonchev–Trinajstić information content (AvgIpc) is 3.13. The minimum Gasteiger partial charge on any atom is -0.469 e. The molecule has 0 saturated heterocycles. The van der Waals surface area contributed by atoms with E-state index in [2.05, 4.69) is 15.5 Å². The third-order valence-electron chi connectivity index (χ3n) is 3.70. The molecule has 8 heteroatoms. The average molecular weight is 357 g/mol. The second kappa shape index (κ2) is 7.02. The first-order valence-corrected chi connectivity index (χ1v) is 8.63. The number of aryl methyl sites for hydroxylation is 2. The molecule has 3 aromatic rings. The molecule has 2 heterocycles. The quantitative estimate of drug-likeness (QED) is 0.538. The number of rotatable bonds is 5. The van der Waals surface area contributed by atoms with Crippen molar-refractivity contribution in [3.05, 3.63) is 47.9 Å². The number of hydrogen-bond acceptors (Lipinski definition) is 6. The van der Waals surface area contributed by atoms with E-state index in [1.165, 1.54) is 16.4 Å². The van der Waals surface area contributed by atoms with Crippen LogP contribution in [0.1, 0.15) is 18.2 Å². The Kier molecular flexibility index (Phi) is 4.80. The van der Waals surface area contributed by atoms with Crippen molar-refractivity contribution in [2.45, 2.75) is 31.2 Å². The minimum atomic E-state index is -0.384. The molecule has 2 aromatic heterocycles. The van der Waals surface area contributed by atoms with Gasteiger partial charge < -0.3 is 15.6 Å². The lowest BCUT2D eigenvalue weighted by molar-refractivity contribution is -0.115. The molecule has 0 fully saturated rings. The second-order valence-electron chi connectivity index (χ2n) is 5.69. The SMILES string of the molecule is Cc1cccc(NC(=O)C(C)Sc2nnc(-c3ccoc3C)n2N)c1. The summed E-state index contributed by atoms with van der Waals surface area (Å²) >= 11 is 1.25. The first-order valence-electron chi connectivity index (χ1n) is 7.75. The Hall–Kier alpha value is -2.74. The molecular weight excluding hydrogens is 338 g/mol. The monoisotopic (exact) mass is 357 g/mol. The maximum absolute atomic E-state index is 12.4. The number of anilines is 1. The Labute approximate surface area is 149 Å². The summed E-state index contributed by atoms with van der Waals surface area (Å²) < 4.78 is 6.64. The molecule has 0 radical (unpaired) electrons. The number of thioether (sulfide) groups is 1. The molecule has 130 valence electrons. The molecular formula is C17H19N5O2S. The summed E-state index contributed by atoms with van der Waals surface area (Å²) in [6, 6.07) is 9.43. The van der Waals surface area contributed by atoms with Gasteiger partial charge in [-0.25, -0.2) is 4.68 Å². The van der Waals surface area contributed by atoms with Crippen LogP contribution in [0.25, 0.3) is 11.4 Å². The van der Waals surface area contributed by atoms with Gasteiger partial charge in [0.15, 0.2) is 5.82 Å². The highest BCUT2D eigenvalue weighted by molar-refractivity contribution is 8.00. The van der Waals surface area contributed by atoms with Crippen molar-refractivity contribution in [2.75, 3.05) is 11.2 Å². The number of nitrogens with one attached hydrogen (secondary N) is 1. The number of carbonyl (C=O) groups excluding carboxylic acids is 1. The topological polar surface area (TPSA) is 99.0 Å². The number of aromatic nitrogens is 3. The van der Waals surface area contributed by atoms with E-state index in [4.69, 9.17) is 10.3 Å². The Balaban J connectivity index is 1.71. The van der Waals surface area contributed by atoms with Gasteiger partial charge in [0, 0.05) is 5.69 Å². The number of hydrogen-bond donors (Lipinski definition) is 2. The molecule has 0 aliphatic rings. The Morgan fingerprint density at radius 2 is 2.12 bits per heavy atom. The van der Waals surface area contributed by atoms with Crippen molar-refractivity contribution in [1.82, 2.24) is 14.9 Å². The first-order chi connectivity index (χ1) is 12.0. The summed E-state index contributed by atoms with van der Waals surface area (Å²) in [4.78, 5) is 12.4. The van der Waals surface area contributed by atoms with Crippen LogP contribution in [0.2, 0.25) is 0 Å². The third kappa shape index (κ3) is 3.69. The highest BCUT2D eigenvalue weighted by atomic mass is 32.2. The van der Waals surface area contributed by atoms with Crippen molar-refractivity contribution in [3.8, 4) is 11.4 Å². The largest absolute Gasteiger partial charge is 0.469 e. The van der Waals surface area contributed by atoms with Crippen LogP contribution >= 0.6 is 11.8 Å². The zero-order valence-electron chi connectivity index (χ0n) is 14.2. The summed E-state index contributed by atoms with van der Waals surface area (Å²) in [7, 11) is 0. The predicted molar refractivity (Wildman–Crippen MR) is 97.7 cm³/mol. The van der Waals surface area contributed by atoms with Gasteiger partial charge in [0.25, 0.3) is 0 Å². The van der Waals surface area contributed by atoms with Crippen LogP contribution in [0.3, 0.4) is 0 Å². The van der Waals surface area contributed by atoms with Crippen LogP contribution in [0.5, 0.6) is 0 Å². The molecule has 1 amide bonds. The molecule has 1 aromatic carbocycles. The Morgan fingerprint density at radius 3 is 2.80 bits per heavy atom. The smallest absolute Gasteiger partial charge is 0.237 e. The number of furan rings is 1. The van der Waals surface area contributed by atoms with E-state index < -0.39 is 0 Å². The third-order valence-corrected chi connectivity index (χ3v) is 4.76. The summed E-state index contributed by atoms with van der Waals surface area (Å²) in [5, 5.41) is 11.2. The maximum atomic E-state index is 12.4. The van der Waals surface area contributed by atoms with E-state index in [1.807, 2.05) is 38.1 Å². The van der Waals surface area contributed by atoms with Gasteiger partial charge in [0.1, 0.15) is 5.76 Å². The second-order valence-corrected chi connectivity index (χ2v) is 6.99. The number of nitrogen functional groups attached to an aromatic ring is 1. The van der Waals surface area contributed by atoms with Gasteiger partial charge >= 0.3 is 0 Å². The summed E-state index contributed by atoms with van der Waals surface area (Å²) in [5.41, 5.74) is 2.63. The number of nitrogens with zero attached hydrogens (tertiary/aromatic N) is 3. The van der Waals surface area contributed by atoms with E-state index in [-0.39, 0.29) is 11.2 Å². The van der Waals surface area contributed by atoms with E-state index in [1.54, 1.807) is 19.3 Å². The van der Waals surface area contributed by atoms with Gasteiger partial charge in [0.05, 0.1) is 17.1 Å². The highest BCUT2D eigenvalue weighted by Crippen LogP contribution is 2.27. The number of amides is 1. The van der Waals surface area contributed by atoms with Gasteiger partial charge in [-0.2, -0.15) is 0 Å². The molecule has 7 nitrogen and oxygen atoms in total.